The summed E-state index contributed by atoms with van der Waals surface area (Å²) in [4.78, 5) is 0. The topological polar surface area (TPSA) is 25.2 Å². The molecule has 2 aromatic rings. The molecule has 0 saturated carbocycles. The zero-order valence-corrected chi connectivity index (χ0v) is 12.5. The van der Waals surface area contributed by atoms with Gasteiger partial charge in [0, 0.05) is 5.02 Å². The number of benzene rings is 1. The Balaban J connectivity index is 2.16. The molecule has 0 radical (unpaired) electrons. The molecule has 1 heterocycles. The quantitative estimate of drug-likeness (QED) is 0.868. The minimum absolute atomic E-state index is 0.167. The van der Waals surface area contributed by atoms with Crippen LogP contribution in [-0.4, -0.2) is 6.54 Å². The lowest BCUT2D eigenvalue weighted by Crippen LogP contribution is -2.22. The van der Waals surface area contributed by atoms with Crippen molar-refractivity contribution in [2.24, 2.45) is 0 Å². The summed E-state index contributed by atoms with van der Waals surface area (Å²) in [5, 5.41) is 4.19. The van der Waals surface area contributed by atoms with Crippen LogP contribution in [0.25, 0.3) is 0 Å². The minimum atomic E-state index is 0.167. The summed E-state index contributed by atoms with van der Waals surface area (Å²) in [5.41, 5.74) is 1.23. The highest BCUT2D eigenvalue weighted by Crippen LogP contribution is 2.27. The van der Waals surface area contributed by atoms with Crippen molar-refractivity contribution < 1.29 is 4.42 Å². The molecule has 1 N–H and O–H groups in total. The monoisotopic (exact) mass is 327 g/mol. The lowest BCUT2D eigenvalue weighted by atomic mass is 10.0. The zero-order chi connectivity index (χ0) is 13.0. The van der Waals surface area contributed by atoms with Crippen LogP contribution in [0, 0.1) is 0 Å². The van der Waals surface area contributed by atoms with Gasteiger partial charge in [0.05, 0.1) is 16.8 Å². The maximum absolute atomic E-state index is 5.89. The molecule has 96 valence electrons. The fraction of sp³-hybridized carbons (Fsp3) is 0.286. The van der Waals surface area contributed by atoms with Crippen LogP contribution in [0.15, 0.2) is 45.5 Å². The molecule has 0 fully saturated rings. The lowest BCUT2D eigenvalue weighted by molar-refractivity contribution is 0.414. The highest BCUT2D eigenvalue weighted by Gasteiger charge is 2.17. The molecule has 2 nitrogen and oxygen atoms in total. The minimum Gasteiger partial charge on any atom is -0.466 e. The van der Waals surface area contributed by atoms with Gasteiger partial charge in [-0.15, -0.1) is 0 Å². The van der Waals surface area contributed by atoms with Crippen molar-refractivity contribution in [3.05, 3.63) is 57.4 Å². The number of hydrogen-bond donors (Lipinski definition) is 1. The van der Waals surface area contributed by atoms with Crippen LogP contribution in [0.1, 0.15) is 24.3 Å². The maximum Gasteiger partial charge on any atom is 0.135 e. The SMILES string of the molecule is CCNC(Cc1ccc(Cl)cc1)c1occc1Br. The summed E-state index contributed by atoms with van der Waals surface area (Å²) in [6.07, 6.45) is 2.57. The van der Waals surface area contributed by atoms with Gasteiger partial charge in [-0.25, -0.2) is 0 Å². The fourth-order valence-electron chi connectivity index (χ4n) is 1.91. The third kappa shape index (κ3) is 3.37. The van der Waals surface area contributed by atoms with Crippen LogP contribution < -0.4 is 5.32 Å². The second-order valence-corrected chi connectivity index (χ2v) is 5.36. The molecule has 18 heavy (non-hydrogen) atoms. The predicted octanol–water partition coefficient (Wildman–Crippen LogP) is 4.59. The molecule has 0 aliphatic heterocycles. The average molecular weight is 329 g/mol. The molecule has 1 unspecified atom stereocenters. The van der Waals surface area contributed by atoms with E-state index >= 15 is 0 Å². The van der Waals surface area contributed by atoms with E-state index in [0.717, 1.165) is 28.2 Å². The largest absolute Gasteiger partial charge is 0.466 e. The van der Waals surface area contributed by atoms with E-state index in [0.29, 0.717) is 0 Å². The van der Waals surface area contributed by atoms with Gasteiger partial charge in [-0.05, 0) is 52.7 Å². The van der Waals surface area contributed by atoms with Gasteiger partial charge in [0.15, 0.2) is 0 Å². The standard InChI is InChI=1S/C14H15BrClNO/c1-2-17-13(14-12(15)7-8-18-14)9-10-3-5-11(16)6-4-10/h3-8,13,17H,2,9H2,1H3. The number of hydrogen-bond acceptors (Lipinski definition) is 2. The summed E-state index contributed by atoms with van der Waals surface area (Å²) >= 11 is 9.40. The van der Waals surface area contributed by atoms with E-state index in [1.807, 2.05) is 30.3 Å². The normalized spacial score (nSPS) is 12.6. The Morgan fingerprint density at radius 2 is 2.00 bits per heavy atom. The Hall–Kier alpha value is -0.770. The smallest absolute Gasteiger partial charge is 0.135 e. The fourth-order valence-corrected chi connectivity index (χ4v) is 2.52. The molecule has 1 aromatic heterocycles. The van der Waals surface area contributed by atoms with Crippen LogP contribution in [0.2, 0.25) is 5.02 Å². The first-order chi connectivity index (χ1) is 8.70. The van der Waals surface area contributed by atoms with E-state index in [1.54, 1.807) is 6.26 Å². The Morgan fingerprint density at radius 3 is 2.56 bits per heavy atom. The van der Waals surface area contributed by atoms with Crippen LogP contribution in [-0.2, 0) is 6.42 Å². The number of likely N-dealkylation sites (N-methyl/N-ethyl adjacent to an activating group) is 1. The third-order valence-electron chi connectivity index (χ3n) is 2.76. The summed E-state index contributed by atoms with van der Waals surface area (Å²) in [7, 11) is 0. The molecule has 1 aromatic carbocycles. The van der Waals surface area contributed by atoms with Crippen molar-refractivity contribution in [2.75, 3.05) is 6.54 Å². The van der Waals surface area contributed by atoms with Crippen LogP contribution in [0.5, 0.6) is 0 Å². The average Bonchev–Trinajstić information content (AvgIpc) is 2.78. The van der Waals surface area contributed by atoms with Crippen LogP contribution in [0.3, 0.4) is 0 Å². The van der Waals surface area contributed by atoms with Gasteiger partial charge in [0.2, 0.25) is 0 Å². The van der Waals surface area contributed by atoms with E-state index in [2.05, 4.69) is 28.2 Å². The summed E-state index contributed by atoms with van der Waals surface area (Å²) in [6, 6.07) is 10.0. The van der Waals surface area contributed by atoms with Gasteiger partial charge in [-0.3, -0.25) is 0 Å². The van der Waals surface area contributed by atoms with E-state index in [4.69, 9.17) is 16.0 Å². The van der Waals surface area contributed by atoms with E-state index in [-0.39, 0.29) is 6.04 Å². The first-order valence-electron chi connectivity index (χ1n) is 5.91. The molecule has 4 heteroatoms. The van der Waals surface area contributed by atoms with Crippen molar-refractivity contribution in [3.8, 4) is 0 Å². The Bertz CT molecular complexity index is 495. The molecule has 2 rings (SSSR count). The van der Waals surface area contributed by atoms with Crippen molar-refractivity contribution in [1.82, 2.24) is 5.32 Å². The first-order valence-corrected chi connectivity index (χ1v) is 7.08. The summed E-state index contributed by atoms with van der Waals surface area (Å²) in [6.45, 7) is 2.98. The number of furan rings is 1. The lowest BCUT2D eigenvalue weighted by Gasteiger charge is -2.16. The Labute approximate surface area is 120 Å². The molecule has 0 bridgehead atoms. The Kier molecular flexibility index (Phi) is 4.87. The molecule has 0 spiro atoms. The van der Waals surface area contributed by atoms with E-state index in [9.17, 15) is 0 Å². The van der Waals surface area contributed by atoms with Gasteiger partial charge < -0.3 is 9.73 Å². The molecular weight excluding hydrogens is 314 g/mol. The van der Waals surface area contributed by atoms with Crippen LogP contribution in [0.4, 0.5) is 0 Å². The van der Waals surface area contributed by atoms with Crippen LogP contribution >= 0.6 is 27.5 Å². The Morgan fingerprint density at radius 1 is 1.28 bits per heavy atom. The second-order valence-electron chi connectivity index (χ2n) is 4.07. The molecule has 0 amide bonds. The van der Waals surface area contributed by atoms with Gasteiger partial charge in [-0.2, -0.15) is 0 Å². The molecular formula is C14H15BrClNO. The highest BCUT2D eigenvalue weighted by atomic mass is 79.9. The van der Waals surface area contributed by atoms with Crippen molar-refractivity contribution >= 4 is 27.5 Å². The van der Waals surface area contributed by atoms with Gasteiger partial charge in [-0.1, -0.05) is 30.7 Å². The molecule has 0 saturated heterocycles. The zero-order valence-electron chi connectivity index (χ0n) is 10.1. The van der Waals surface area contributed by atoms with Gasteiger partial charge in [0.25, 0.3) is 0 Å². The second kappa shape index (κ2) is 6.41. The molecule has 0 aliphatic rings. The van der Waals surface area contributed by atoms with Gasteiger partial charge in [0.1, 0.15) is 5.76 Å². The van der Waals surface area contributed by atoms with Crippen molar-refractivity contribution in [3.63, 3.8) is 0 Å². The van der Waals surface area contributed by atoms with Gasteiger partial charge >= 0.3 is 0 Å². The summed E-state index contributed by atoms with van der Waals surface area (Å²) < 4.78 is 6.54. The molecule has 0 aliphatic carbocycles. The van der Waals surface area contributed by atoms with E-state index < -0.39 is 0 Å². The summed E-state index contributed by atoms with van der Waals surface area (Å²) in [5.74, 6) is 0.937. The first kappa shape index (κ1) is 13.7. The number of nitrogens with one attached hydrogen (secondary N) is 1. The van der Waals surface area contributed by atoms with Crippen molar-refractivity contribution in [1.29, 1.82) is 0 Å². The third-order valence-corrected chi connectivity index (χ3v) is 3.67. The number of halogens is 2. The highest BCUT2D eigenvalue weighted by molar-refractivity contribution is 9.10. The number of rotatable bonds is 5. The molecule has 1 atom stereocenters. The van der Waals surface area contributed by atoms with Crippen molar-refractivity contribution in [2.45, 2.75) is 19.4 Å². The van der Waals surface area contributed by atoms with E-state index in [1.165, 1.54) is 5.56 Å². The predicted molar refractivity (Wildman–Crippen MR) is 78.0 cm³/mol. The maximum atomic E-state index is 5.89.